The number of hydrogen-bond acceptors (Lipinski definition) is 4. The minimum atomic E-state index is -4.77. The van der Waals surface area contributed by atoms with Crippen LogP contribution in [0.1, 0.15) is 30.2 Å². The van der Waals surface area contributed by atoms with E-state index in [1.54, 1.807) is 37.3 Å². The van der Waals surface area contributed by atoms with Crippen LogP contribution in [0.15, 0.2) is 53.7 Å². The van der Waals surface area contributed by atoms with E-state index in [9.17, 15) is 22.0 Å². The van der Waals surface area contributed by atoms with E-state index in [1.165, 1.54) is 30.0 Å². The predicted octanol–water partition coefficient (Wildman–Crippen LogP) is 6.64. The fourth-order valence-corrected chi connectivity index (χ4v) is 4.93. The van der Waals surface area contributed by atoms with E-state index < -0.39 is 29.1 Å². The molecule has 0 radical (unpaired) electrons. The van der Waals surface area contributed by atoms with Crippen molar-refractivity contribution in [3.63, 3.8) is 0 Å². The van der Waals surface area contributed by atoms with Gasteiger partial charge in [0.2, 0.25) is 0 Å². The van der Waals surface area contributed by atoms with Gasteiger partial charge in [-0.3, -0.25) is 0 Å². The van der Waals surface area contributed by atoms with Gasteiger partial charge in [-0.1, -0.05) is 41.0 Å². The number of thioether (sulfide) groups is 1. The van der Waals surface area contributed by atoms with Gasteiger partial charge in [-0.15, -0.1) is 0 Å². The van der Waals surface area contributed by atoms with Gasteiger partial charge in [0.25, 0.3) is 0 Å². The van der Waals surface area contributed by atoms with E-state index in [1.807, 2.05) is 0 Å². The fourth-order valence-electron chi connectivity index (χ4n) is 3.43. The standard InChI is InChI=1S/C22H17ClF5N3OS/c1-21(12-33-11-14-15(24)8-5-9-16(14)25)10-17(30-32-21)18-19(22(26,27)28)29-31(20(18)23)13-6-3-2-4-7-13/h2-9H,10-12H2,1H3. The number of nitrogens with zero attached hydrogens (tertiary/aromatic N) is 3. The summed E-state index contributed by atoms with van der Waals surface area (Å²) in [6, 6.07) is 11.8. The van der Waals surface area contributed by atoms with E-state index in [2.05, 4.69) is 10.3 Å². The molecule has 0 amide bonds. The number of alkyl halides is 3. The Morgan fingerprint density at radius 1 is 1.09 bits per heavy atom. The Morgan fingerprint density at radius 2 is 1.76 bits per heavy atom. The maximum absolute atomic E-state index is 13.8. The Morgan fingerprint density at radius 3 is 2.39 bits per heavy atom. The van der Waals surface area contributed by atoms with E-state index in [0.717, 1.165) is 4.68 Å². The molecule has 1 atom stereocenters. The van der Waals surface area contributed by atoms with Crippen molar-refractivity contribution in [1.82, 2.24) is 9.78 Å². The van der Waals surface area contributed by atoms with Crippen molar-refractivity contribution in [3.05, 3.63) is 82.1 Å². The third-order valence-electron chi connectivity index (χ3n) is 5.02. The van der Waals surface area contributed by atoms with Crippen LogP contribution in [-0.4, -0.2) is 26.8 Å². The van der Waals surface area contributed by atoms with E-state index in [0.29, 0.717) is 5.69 Å². The summed E-state index contributed by atoms with van der Waals surface area (Å²) in [6.45, 7) is 1.66. The molecule has 11 heteroatoms. The van der Waals surface area contributed by atoms with Gasteiger partial charge in [0.15, 0.2) is 5.69 Å². The first-order chi connectivity index (χ1) is 15.6. The van der Waals surface area contributed by atoms with Crippen LogP contribution in [0.25, 0.3) is 5.69 Å². The molecule has 2 heterocycles. The lowest BCUT2D eigenvalue weighted by Gasteiger charge is -2.21. The molecule has 0 saturated heterocycles. The summed E-state index contributed by atoms with van der Waals surface area (Å²) in [7, 11) is 0. The monoisotopic (exact) mass is 501 g/mol. The van der Waals surface area contributed by atoms with Crippen molar-refractivity contribution in [2.24, 2.45) is 5.16 Å². The molecule has 0 N–H and O–H groups in total. The van der Waals surface area contributed by atoms with Crippen LogP contribution >= 0.6 is 23.4 Å². The topological polar surface area (TPSA) is 39.4 Å². The first-order valence-electron chi connectivity index (χ1n) is 9.76. The van der Waals surface area contributed by atoms with Crippen LogP contribution in [0, 0.1) is 11.6 Å². The van der Waals surface area contributed by atoms with Crippen molar-refractivity contribution in [2.45, 2.75) is 30.9 Å². The molecule has 174 valence electrons. The number of para-hydroxylation sites is 1. The summed E-state index contributed by atoms with van der Waals surface area (Å²) in [5, 5.41) is 7.34. The molecular formula is C22H17ClF5N3OS. The highest BCUT2D eigenvalue weighted by molar-refractivity contribution is 7.98. The normalized spacial score (nSPS) is 18.3. The third kappa shape index (κ3) is 4.86. The van der Waals surface area contributed by atoms with E-state index >= 15 is 0 Å². The molecule has 0 fully saturated rings. The minimum absolute atomic E-state index is 0.00896. The zero-order valence-electron chi connectivity index (χ0n) is 17.2. The van der Waals surface area contributed by atoms with E-state index in [4.69, 9.17) is 16.4 Å². The molecule has 33 heavy (non-hydrogen) atoms. The Kier molecular flexibility index (Phi) is 6.41. The largest absolute Gasteiger partial charge is 0.435 e. The van der Waals surface area contributed by atoms with Crippen molar-refractivity contribution >= 4 is 29.1 Å². The second kappa shape index (κ2) is 8.98. The number of hydrogen-bond donors (Lipinski definition) is 0. The first-order valence-corrected chi connectivity index (χ1v) is 11.3. The number of rotatable bonds is 6. The van der Waals surface area contributed by atoms with Gasteiger partial charge in [0.05, 0.1) is 17.0 Å². The van der Waals surface area contributed by atoms with Gasteiger partial charge in [-0.05, 0) is 31.2 Å². The van der Waals surface area contributed by atoms with Gasteiger partial charge in [-0.2, -0.15) is 30.0 Å². The molecule has 0 spiro atoms. The van der Waals surface area contributed by atoms with Crippen LogP contribution in [0.5, 0.6) is 0 Å². The van der Waals surface area contributed by atoms with Gasteiger partial charge < -0.3 is 4.84 Å². The van der Waals surface area contributed by atoms with Crippen molar-refractivity contribution in [2.75, 3.05) is 5.75 Å². The zero-order valence-corrected chi connectivity index (χ0v) is 18.7. The molecule has 1 aliphatic heterocycles. The second-order valence-corrected chi connectivity index (χ2v) is 9.05. The quantitative estimate of drug-likeness (QED) is 0.355. The Bertz CT molecular complexity index is 1180. The van der Waals surface area contributed by atoms with Crippen LogP contribution < -0.4 is 0 Å². The lowest BCUT2D eigenvalue weighted by Crippen LogP contribution is -2.28. The lowest BCUT2D eigenvalue weighted by atomic mass is 9.98. The highest BCUT2D eigenvalue weighted by atomic mass is 35.5. The fraction of sp³-hybridized carbons (Fsp3) is 0.273. The predicted molar refractivity (Wildman–Crippen MR) is 117 cm³/mol. The molecule has 2 aromatic carbocycles. The molecule has 1 unspecified atom stereocenters. The maximum atomic E-state index is 13.8. The van der Waals surface area contributed by atoms with E-state index in [-0.39, 0.29) is 39.9 Å². The molecule has 0 aliphatic carbocycles. The summed E-state index contributed by atoms with van der Waals surface area (Å²) in [4.78, 5) is 5.46. The zero-order chi connectivity index (χ0) is 23.8. The van der Waals surface area contributed by atoms with Gasteiger partial charge >= 0.3 is 6.18 Å². The maximum Gasteiger partial charge on any atom is 0.435 e. The molecule has 3 aromatic rings. The summed E-state index contributed by atoms with van der Waals surface area (Å²) >= 11 is 7.53. The SMILES string of the molecule is CC1(CSCc2c(F)cccc2F)CC(c2c(C(F)(F)F)nn(-c3ccccc3)c2Cl)=NO1. The molecule has 0 saturated carbocycles. The molecular weight excluding hydrogens is 485 g/mol. The summed E-state index contributed by atoms with van der Waals surface area (Å²) in [5.41, 5.74) is -2.19. The summed E-state index contributed by atoms with van der Waals surface area (Å²) in [6.07, 6.45) is -4.75. The molecule has 1 aromatic heterocycles. The second-order valence-electron chi connectivity index (χ2n) is 7.71. The third-order valence-corrected chi connectivity index (χ3v) is 6.68. The van der Waals surface area contributed by atoms with Crippen molar-refractivity contribution < 1.29 is 26.8 Å². The van der Waals surface area contributed by atoms with Crippen LogP contribution in [-0.2, 0) is 16.8 Å². The van der Waals surface area contributed by atoms with Crippen LogP contribution in [0.4, 0.5) is 22.0 Å². The average molecular weight is 502 g/mol. The Labute approximate surface area is 195 Å². The van der Waals surface area contributed by atoms with Crippen molar-refractivity contribution in [1.29, 1.82) is 0 Å². The Balaban J connectivity index is 1.55. The van der Waals surface area contributed by atoms with Gasteiger partial charge in [0, 0.05) is 23.5 Å². The minimum Gasteiger partial charge on any atom is -0.388 e. The average Bonchev–Trinajstić information content (AvgIpc) is 3.31. The highest BCUT2D eigenvalue weighted by Crippen LogP contribution is 2.40. The number of benzene rings is 2. The van der Waals surface area contributed by atoms with Gasteiger partial charge in [0.1, 0.15) is 22.4 Å². The number of oxime groups is 1. The summed E-state index contributed by atoms with van der Waals surface area (Å²) in [5.74, 6) is -1.05. The Hall–Kier alpha value is -2.59. The number of aromatic nitrogens is 2. The highest BCUT2D eigenvalue weighted by Gasteiger charge is 2.44. The molecule has 4 rings (SSSR count). The van der Waals surface area contributed by atoms with Crippen LogP contribution in [0.3, 0.4) is 0 Å². The molecule has 1 aliphatic rings. The van der Waals surface area contributed by atoms with Gasteiger partial charge in [-0.25, -0.2) is 13.5 Å². The lowest BCUT2D eigenvalue weighted by molar-refractivity contribution is -0.141. The summed E-state index contributed by atoms with van der Waals surface area (Å²) < 4.78 is 70.0. The molecule has 4 nitrogen and oxygen atoms in total. The first kappa shape index (κ1) is 23.6. The smallest absolute Gasteiger partial charge is 0.388 e. The number of halogens is 6. The van der Waals surface area contributed by atoms with Crippen molar-refractivity contribution in [3.8, 4) is 5.69 Å². The molecule has 0 bridgehead atoms. The van der Waals surface area contributed by atoms with Crippen LogP contribution in [0.2, 0.25) is 5.15 Å².